The topological polar surface area (TPSA) is 72.3 Å². The molecule has 1 rings (SSSR count). The summed E-state index contributed by atoms with van der Waals surface area (Å²) in [6.45, 7) is 0.392. The van der Waals surface area contributed by atoms with E-state index in [-0.39, 0.29) is 11.8 Å². The third-order valence-corrected chi connectivity index (χ3v) is 1.55. The van der Waals surface area contributed by atoms with Crippen LogP contribution in [0.3, 0.4) is 0 Å². The van der Waals surface area contributed by atoms with Crippen molar-refractivity contribution in [2.24, 2.45) is 11.5 Å². The zero-order chi connectivity index (χ0) is 8.27. The Kier molecular flexibility index (Phi) is 2.46. The number of rotatable bonds is 2. The number of aromatic hydroxyl groups is 1. The molecular weight excluding hydrogens is 140 g/mol. The van der Waals surface area contributed by atoms with Crippen molar-refractivity contribution >= 4 is 0 Å². The van der Waals surface area contributed by atoms with Crippen molar-refractivity contribution in [3.8, 4) is 5.75 Å². The van der Waals surface area contributed by atoms with Crippen LogP contribution in [0.1, 0.15) is 11.6 Å². The van der Waals surface area contributed by atoms with Crippen molar-refractivity contribution < 1.29 is 5.11 Å². The maximum absolute atomic E-state index is 9.06. The fraction of sp³-hybridized carbons (Fsp3) is 0.250. The lowest BCUT2D eigenvalue weighted by Crippen LogP contribution is -2.20. The third kappa shape index (κ3) is 1.93. The van der Waals surface area contributed by atoms with E-state index in [1.165, 1.54) is 0 Å². The number of phenolic OH excluding ortho intramolecular Hbond substituents is 1. The highest BCUT2D eigenvalue weighted by molar-refractivity contribution is 5.29. The molecule has 0 saturated heterocycles. The molecule has 0 fully saturated rings. The summed E-state index contributed by atoms with van der Waals surface area (Å²) < 4.78 is 0. The van der Waals surface area contributed by atoms with Gasteiger partial charge >= 0.3 is 0 Å². The highest BCUT2D eigenvalue weighted by Gasteiger charge is 2.02. The van der Waals surface area contributed by atoms with Gasteiger partial charge in [0.05, 0.1) is 0 Å². The number of phenols is 1. The standard InChI is InChI=1S/C8H12N2O/c9-5-8(10)6-2-1-3-7(11)4-6/h1-4,8,11H,5,9-10H2/t8-/m1/s1. The van der Waals surface area contributed by atoms with Crippen LogP contribution in [0.25, 0.3) is 0 Å². The minimum atomic E-state index is -0.179. The van der Waals surface area contributed by atoms with Crippen LogP contribution >= 0.6 is 0 Å². The smallest absolute Gasteiger partial charge is 0.115 e. The van der Waals surface area contributed by atoms with Crippen LogP contribution in [0.5, 0.6) is 5.75 Å². The van der Waals surface area contributed by atoms with Gasteiger partial charge in [0.1, 0.15) is 5.75 Å². The van der Waals surface area contributed by atoms with Gasteiger partial charge in [0.2, 0.25) is 0 Å². The van der Waals surface area contributed by atoms with Gasteiger partial charge < -0.3 is 16.6 Å². The summed E-state index contributed by atoms with van der Waals surface area (Å²) in [5.41, 5.74) is 11.8. The van der Waals surface area contributed by atoms with Gasteiger partial charge in [-0.15, -0.1) is 0 Å². The van der Waals surface area contributed by atoms with Crippen molar-refractivity contribution in [3.63, 3.8) is 0 Å². The van der Waals surface area contributed by atoms with Crippen LogP contribution in [-0.2, 0) is 0 Å². The zero-order valence-electron chi connectivity index (χ0n) is 6.20. The molecule has 0 aliphatic heterocycles. The predicted octanol–water partition coefficient (Wildman–Crippen LogP) is 0.351. The first kappa shape index (κ1) is 8.04. The second-order valence-corrected chi connectivity index (χ2v) is 2.44. The summed E-state index contributed by atoms with van der Waals surface area (Å²) in [6, 6.07) is 6.64. The summed E-state index contributed by atoms with van der Waals surface area (Å²) in [5.74, 6) is 0.228. The number of benzene rings is 1. The Bertz CT molecular complexity index is 237. The van der Waals surface area contributed by atoms with Gasteiger partial charge in [0, 0.05) is 12.6 Å². The SMILES string of the molecule is NC[C@@H](N)c1cccc(O)c1. The van der Waals surface area contributed by atoms with E-state index in [2.05, 4.69) is 0 Å². The lowest BCUT2D eigenvalue weighted by molar-refractivity contribution is 0.473. The first-order valence-corrected chi connectivity index (χ1v) is 3.48. The van der Waals surface area contributed by atoms with Crippen LogP contribution in [0, 0.1) is 0 Å². The molecule has 11 heavy (non-hydrogen) atoms. The quantitative estimate of drug-likeness (QED) is 0.572. The van der Waals surface area contributed by atoms with Crippen LogP contribution < -0.4 is 11.5 Å². The lowest BCUT2D eigenvalue weighted by Gasteiger charge is -2.08. The van der Waals surface area contributed by atoms with Gasteiger partial charge in [-0.25, -0.2) is 0 Å². The van der Waals surface area contributed by atoms with E-state index in [1.807, 2.05) is 6.07 Å². The molecule has 0 aliphatic carbocycles. The largest absolute Gasteiger partial charge is 0.508 e. The maximum Gasteiger partial charge on any atom is 0.115 e. The fourth-order valence-electron chi connectivity index (χ4n) is 0.892. The summed E-state index contributed by atoms with van der Waals surface area (Å²) >= 11 is 0. The van der Waals surface area contributed by atoms with Gasteiger partial charge in [-0.2, -0.15) is 0 Å². The summed E-state index contributed by atoms with van der Waals surface area (Å²) in [5, 5.41) is 9.06. The second-order valence-electron chi connectivity index (χ2n) is 2.44. The van der Waals surface area contributed by atoms with Gasteiger partial charge in [-0.3, -0.25) is 0 Å². The number of nitrogens with two attached hydrogens (primary N) is 2. The molecule has 60 valence electrons. The molecule has 0 radical (unpaired) electrons. The summed E-state index contributed by atoms with van der Waals surface area (Å²) in [4.78, 5) is 0. The first-order valence-electron chi connectivity index (χ1n) is 3.48. The second kappa shape index (κ2) is 3.37. The maximum atomic E-state index is 9.06. The minimum Gasteiger partial charge on any atom is -0.508 e. The van der Waals surface area contributed by atoms with Gasteiger partial charge in [-0.05, 0) is 17.7 Å². The Morgan fingerprint density at radius 1 is 1.45 bits per heavy atom. The van der Waals surface area contributed by atoms with Crippen LogP contribution in [0.4, 0.5) is 0 Å². The third-order valence-electron chi connectivity index (χ3n) is 1.55. The number of hydrogen-bond acceptors (Lipinski definition) is 3. The van der Waals surface area contributed by atoms with E-state index < -0.39 is 0 Å². The van der Waals surface area contributed by atoms with Crippen molar-refractivity contribution in [1.82, 2.24) is 0 Å². The predicted molar refractivity (Wildman–Crippen MR) is 44.1 cm³/mol. The Labute approximate surface area is 65.6 Å². The van der Waals surface area contributed by atoms with E-state index in [9.17, 15) is 0 Å². The normalized spacial score (nSPS) is 12.9. The molecular formula is C8H12N2O. The van der Waals surface area contributed by atoms with Crippen molar-refractivity contribution in [2.75, 3.05) is 6.54 Å². The Hall–Kier alpha value is -1.06. The zero-order valence-corrected chi connectivity index (χ0v) is 6.20. The molecule has 1 atom stereocenters. The molecule has 0 amide bonds. The van der Waals surface area contributed by atoms with Crippen molar-refractivity contribution in [1.29, 1.82) is 0 Å². The Morgan fingerprint density at radius 2 is 2.18 bits per heavy atom. The molecule has 0 saturated carbocycles. The molecule has 0 spiro atoms. The van der Waals surface area contributed by atoms with Crippen LogP contribution in [-0.4, -0.2) is 11.7 Å². The molecule has 3 heteroatoms. The van der Waals surface area contributed by atoms with E-state index in [0.29, 0.717) is 6.54 Å². The fourth-order valence-corrected chi connectivity index (χ4v) is 0.892. The Balaban J connectivity index is 2.86. The monoisotopic (exact) mass is 152 g/mol. The van der Waals surface area contributed by atoms with Crippen molar-refractivity contribution in [2.45, 2.75) is 6.04 Å². The Morgan fingerprint density at radius 3 is 2.73 bits per heavy atom. The minimum absolute atomic E-state index is 0.179. The lowest BCUT2D eigenvalue weighted by atomic mass is 10.1. The molecule has 3 nitrogen and oxygen atoms in total. The molecule has 0 aromatic heterocycles. The average molecular weight is 152 g/mol. The van der Waals surface area contributed by atoms with E-state index in [4.69, 9.17) is 16.6 Å². The van der Waals surface area contributed by atoms with E-state index in [0.717, 1.165) is 5.56 Å². The van der Waals surface area contributed by atoms with Gasteiger partial charge in [0.25, 0.3) is 0 Å². The molecule has 1 aromatic carbocycles. The van der Waals surface area contributed by atoms with Crippen LogP contribution in [0.2, 0.25) is 0 Å². The van der Waals surface area contributed by atoms with E-state index >= 15 is 0 Å². The van der Waals surface area contributed by atoms with Gasteiger partial charge in [-0.1, -0.05) is 12.1 Å². The first-order chi connectivity index (χ1) is 5.24. The molecule has 5 N–H and O–H groups in total. The molecule has 0 heterocycles. The molecule has 0 bridgehead atoms. The molecule has 1 aromatic rings. The number of hydrogen-bond donors (Lipinski definition) is 3. The summed E-state index contributed by atoms with van der Waals surface area (Å²) in [6.07, 6.45) is 0. The average Bonchev–Trinajstić information content (AvgIpc) is 2.03. The van der Waals surface area contributed by atoms with Gasteiger partial charge in [0.15, 0.2) is 0 Å². The van der Waals surface area contributed by atoms with E-state index in [1.54, 1.807) is 18.2 Å². The van der Waals surface area contributed by atoms with Crippen LogP contribution in [0.15, 0.2) is 24.3 Å². The van der Waals surface area contributed by atoms with Crippen molar-refractivity contribution in [3.05, 3.63) is 29.8 Å². The highest BCUT2D eigenvalue weighted by atomic mass is 16.3. The molecule has 0 aliphatic rings. The highest BCUT2D eigenvalue weighted by Crippen LogP contribution is 2.15. The molecule has 0 unspecified atom stereocenters. The summed E-state index contributed by atoms with van der Waals surface area (Å²) in [7, 11) is 0.